The van der Waals surface area contributed by atoms with Crippen molar-refractivity contribution >= 4 is 34.1 Å². The van der Waals surface area contributed by atoms with Gasteiger partial charge >= 0.3 is 5.97 Å². The highest BCUT2D eigenvalue weighted by molar-refractivity contribution is 7.13. The molecule has 0 saturated heterocycles. The number of nitrogens with zero attached hydrogens (tertiary/aromatic N) is 2. The Labute approximate surface area is 202 Å². The van der Waals surface area contributed by atoms with E-state index in [0.29, 0.717) is 37.4 Å². The molecule has 7 heteroatoms. The Balaban J connectivity index is 1.30. The second kappa shape index (κ2) is 9.81. The lowest BCUT2D eigenvalue weighted by molar-refractivity contribution is -0.143. The zero-order chi connectivity index (χ0) is 23.5. The van der Waals surface area contributed by atoms with Crippen molar-refractivity contribution in [1.82, 2.24) is 14.9 Å². The fourth-order valence-corrected chi connectivity index (χ4v) is 5.61. The fourth-order valence-electron chi connectivity index (χ4n) is 4.79. The number of carbonyl (C=O) groups is 2. The zero-order valence-electron chi connectivity index (χ0n) is 18.8. The first-order chi connectivity index (χ1) is 16.6. The van der Waals surface area contributed by atoms with Gasteiger partial charge in [-0.05, 0) is 43.7 Å². The van der Waals surface area contributed by atoms with Crippen LogP contribution in [0.15, 0.2) is 66.2 Å². The van der Waals surface area contributed by atoms with Crippen LogP contribution >= 0.6 is 11.3 Å². The number of rotatable bonds is 7. The van der Waals surface area contributed by atoms with E-state index >= 15 is 0 Å². The van der Waals surface area contributed by atoms with Gasteiger partial charge in [0.15, 0.2) is 0 Å². The van der Waals surface area contributed by atoms with Crippen molar-refractivity contribution in [3.8, 4) is 10.6 Å². The molecule has 174 valence electrons. The molecule has 0 unspecified atom stereocenters. The molecule has 0 aliphatic heterocycles. The highest BCUT2D eigenvalue weighted by Gasteiger charge is 2.26. The Morgan fingerprint density at radius 1 is 1.03 bits per heavy atom. The monoisotopic (exact) mass is 473 g/mol. The van der Waals surface area contributed by atoms with E-state index in [4.69, 9.17) is 4.98 Å². The molecule has 1 aliphatic carbocycles. The number of carboxylic acid groups (broad SMARTS) is 1. The summed E-state index contributed by atoms with van der Waals surface area (Å²) < 4.78 is 2.09. The lowest BCUT2D eigenvalue weighted by atomic mass is 9.82. The van der Waals surface area contributed by atoms with Crippen molar-refractivity contribution in [3.05, 3.63) is 77.4 Å². The van der Waals surface area contributed by atoms with Gasteiger partial charge in [0.1, 0.15) is 5.01 Å². The number of amides is 1. The van der Waals surface area contributed by atoms with Gasteiger partial charge in [-0.25, -0.2) is 4.98 Å². The average Bonchev–Trinajstić information content (AvgIpc) is 3.51. The van der Waals surface area contributed by atoms with Gasteiger partial charge in [-0.2, -0.15) is 0 Å². The summed E-state index contributed by atoms with van der Waals surface area (Å²) in [4.78, 5) is 29.1. The normalized spacial score (nSPS) is 18.1. The number of nitrogens with one attached hydrogen (secondary N) is 1. The van der Waals surface area contributed by atoms with E-state index in [1.807, 2.05) is 48.7 Å². The second-order valence-corrected chi connectivity index (χ2v) is 9.82. The Bertz CT molecular complexity index is 1300. The molecule has 1 fully saturated rings. The lowest BCUT2D eigenvalue weighted by Crippen LogP contribution is -2.32. The molecular weight excluding hydrogens is 446 g/mol. The first-order valence-corrected chi connectivity index (χ1v) is 12.5. The van der Waals surface area contributed by atoms with E-state index in [0.717, 1.165) is 40.0 Å². The minimum absolute atomic E-state index is 0.0887. The van der Waals surface area contributed by atoms with Crippen LogP contribution in [0.4, 0.5) is 0 Å². The third-order valence-electron chi connectivity index (χ3n) is 6.69. The predicted molar refractivity (Wildman–Crippen MR) is 134 cm³/mol. The molecule has 0 atom stereocenters. The van der Waals surface area contributed by atoms with Crippen LogP contribution in [0.25, 0.3) is 21.5 Å². The number of hydrogen-bond donors (Lipinski definition) is 2. The van der Waals surface area contributed by atoms with E-state index in [1.165, 1.54) is 0 Å². The van der Waals surface area contributed by atoms with Gasteiger partial charge in [0.05, 0.1) is 29.2 Å². The number of hydrogen-bond acceptors (Lipinski definition) is 4. The molecule has 1 amide bonds. The maximum Gasteiger partial charge on any atom is 0.306 e. The number of benzene rings is 2. The minimum Gasteiger partial charge on any atom is -0.481 e. The Morgan fingerprint density at radius 2 is 1.82 bits per heavy atom. The van der Waals surface area contributed by atoms with Crippen LogP contribution in [-0.2, 0) is 11.3 Å². The van der Waals surface area contributed by atoms with Gasteiger partial charge in [0.25, 0.3) is 5.91 Å². The Hall–Kier alpha value is -3.45. The molecule has 0 bridgehead atoms. The van der Waals surface area contributed by atoms with Crippen molar-refractivity contribution in [1.29, 1.82) is 0 Å². The summed E-state index contributed by atoms with van der Waals surface area (Å²) in [6, 6.07) is 18.0. The molecule has 1 saturated carbocycles. The standard InChI is InChI=1S/C27H27N3O3S/c31-25(28-15-18-9-11-21(12-10-18)27(32)33)23-8-4-7-19-13-14-30(24(19)23)16-22-17-34-26(29-22)20-5-2-1-3-6-20/h1-8,13-14,17-18,21H,9-12,15-16H2,(H,28,31)(H,32,33). The lowest BCUT2D eigenvalue weighted by Gasteiger charge is -2.26. The molecule has 4 aromatic rings. The van der Waals surface area contributed by atoms with Crippen molar-refractivity contribution in [3.63, 3.8) is 0 Å². The van der Waals surface area contributed by atoms with Crippen molar-refractivity contribution in [2.75, 3.05) is 6.54 Å². The fraction of sp³-hybridized carbons (Fsp3) is 0.296. The number of fused-ring (bicyclic) bond motifs is 1. The van der Waals surface area contributed by atoms with Crippen LogP contribution in [0.2, 0.25) is 0 Å². The summed E-state index contributed by atoms with van der Waals surface area (Å²) in [7, 11) is 0. The molecule has 6 nitrogen and oxygen atoms in total. The summed E-state index contributed by atoms with van der Waals surface area (Å²) >= 11 is 1.63. The summed E-state index contributed by atoms with van der Waals surface area (Å²) in [6.45, 7) is 1.17. The Morgan fingerprint density at radius 3 is 2.59 bits per heavy atom. The van der Waals surface area contributed by atoms with Crippen LogP contribution < -0.4 is 5.32 Å². The number of aromatic nitrogens is 2. The van der Waals surface area contributed by atoms with Crippen molar-refractivity contribution in [2.24, 2.45) is 11.8 Å². The molecule has 2 aromatic heterocycles. The van der Waals surface area contributed by atoms with Crippen molar-refractivity contribution < 1.29 is 14.7 Å². The number of aliphatic carboxylic acids is 1. The SMILES string of the molecule is O=C(NCC1CCC(C(=O)O)CC1)c1cccc2ccn(Cc3csc(-c4ccccc4)n3)c12. The average molecular weight is 474 g/mol. The highest BCUT2D eigenvalue weighted by Crippen LogP contribution is 2.29. The number of carboxylic acids is 1. The van der Waals surface area contributed by atoms with Crippen molar-refractivity contribution in [2.45, 2.75) is 32.2 Å². The first-order valence-electron chi connectivity index (χ1n) is 11.7. The van der Waals surface area contributed by atoms with E-state index in [-0.39, 0.29) is 11.8 Å². The predicted octanol–water partition coefficient (Wildman–Crippen LogP) is 5.43. The van der Waals surface area contributed by atoms with Gasteiger partial charge < -0.3 is 15.0 Å². The van der Waals surface area contributed by atoms with Crippen LogP contribution in [0.5, 0.6) is 0 Å². The number of thiazole rings is 1. The summed E-state index contributed by atoms with van der Waals surface area (Å²) in [5.41, 5.74) is 3.63. The molecule has 2 N–H and O–H groups in total. The van der Waals surface area contributed by atoms with E-state index in [1.54, 1.807) is 11.3 Å². The summed E-state index contributed by atoms with van der Waals surface area (Å²) in [5.74, 6) is -0.700. The smallest absolute Gasteiger partial charge is 0.306 e. The highest BCUT2D eigenvalue weighted by atomic mass is 32.1. The second-order valence-electron chi connectivity index (χ2n) is 8.96. The molecular formula is C27H27N3O3S. The molecule has 0 spiro atoms. The largest absolute Gasteiger partial charge is 0.481 e. The molecule has 0 radical (unpaired) electrons. The zero-order valence-corrected chi connectivity index (χ0v) is 19.6. The van der Waals surface area contributed by atoms with E-state index in [9.17, 15) is 14.7 Å². The molecule has 2 aromatic carbocycles. The summed E-state index contributed by atoms with van der Waals surface area (Å²) in [5, 5.41) is 16.4. The van der Waals surface area contributed by atoms with Gasteiger partial charge in [0, 0.05) is 29.1 Å². The number of para-hydroxylation sites is 1. The minimum atomic E-state index is -0.703. The van der Waals surface area contributed by atoms with Crippen LogP contribution in [0.1, 0.15) is 41.7 Å². The molecule has 5 rings (SSSR count). The molecule has 1 aliphatic rings. The molecule has 34 heavy (non-hydrogen) atoms. The van der Waals surface area contributed by atoms with E-state index in [2.05, 4.69) is 27.4 Å². The summed E-state index contributed by atoms with van der Waals surface area (Å²) in [6.07, 6.45) is 5.06. The van der Waals surface area contributed by atoms with Crippen LogP contribution in [0.3, 0.4) is 0 Å². The first kappa shape index (κ1) is 22.3. The quantitative estimate of drug-likeness (QED) is 0.375. The van der Waals surface area contributed by atoms with Gasteiger partial charge in [-0.15, -0.1) is 11.3 Å². The maximum absolute atomic E-state index is 13.1. The third kappa shape index (κ3) is 4.75. The number of carbonyl (C=O) groups excluding carboxylic acids is 1. The van der Waals surface area contributed by atoms with Gasteiger partial charge in [-0.3, -0.25) is 9.59 Å². The van der Waals surface area contributed by atoms with E-state index < -0.39 is 5.97 Å². The third-order valence-corrected chi connectivity index (χ3v) is 7.63. The van der Waals surface area contributed by atoms with Gasteiger partial charge in [0.2, 0.25) is 0 Å². The van der Waals surface area contributed by atoms with Gasteiger partial charge in [-0.1, -0.05) is 42.5 Å². The topological polar surface area (TPSA) is 84.2 Å². The molecule has 2 heterocycles. The Kier molecular flexibility index (Phi) is 6.45. The van der Waals surface area contributed by atoms with Crippen LogP contribution in [-0.4, -0.2) is 33.1 Å². The van der Waals surface area contributed by atoms with Crippen LogP contribution in [0, 0.1) is 11.8 Å². The maximum atomic E-state index is 13.1.